The highest BCUT2D eigenvalue weighted by Crippen LogP contribution is 2.60. The molecule has 10 nitrogen and oxygen atoms in total. The number of fused-ring (bicyclic) bond motifs is 3. The Kier molecular flexibility index (Phi) is 6.79. The lowest BCUT2D eigenvalue weighted by atomic mass is 9.66. The van der Waals surface area contributed by atoms with Gasteiger partial charge >= 0.3 is 12.1 Å². The highest BCUT2D eigenvalue weighted by Gasteiger charge is 2.66. The van der Waals surface area contributed by atoms with Gasteiger partial charge in [-0.3, -0.25) is 9.20 Å². The minimum atomic E-state index is -1.23. The van der Waals surface area contributed by atoms with Crippen LogP contribution in [0.25, 0.3) is 21.2 Å². The average molecular weight is 594 g/mol. The Morgan fingerprint density at radius 1 is 1.22 bits per heavy atom. The van der Waals surface area contributed by atoms with E-state index in [1.807, 2.05) is 54.1 Å². The van der Waals surface area contributed by atoms with Gasteiger partial charge in [0.15, 0.2) is 0 Å². The fourth-order valence-electron chi connectivity index (χ4n) is 6.12. The normalized spacial score (nSPS) is 22.6. The van der Waals surface area contributed by atoms with Gasteiger partial charge in [0.25, 0.3) is 0 Å². The Morgan fingerprint density at radius 2 is 1.98 bits per heavy atom. The van der Waals surface area contributed by atoms with Crippen LogP contribution in [-0.2, 0) is 14.3 Å². The molecule has 12 heteroatoms. The number of hydrogen-bond donors (Lipinski definition) is 2. The van der Waals surface area contributed by atoms with E-state index in [9.17, 15) is 24.6 Å². The predicted molar refractivity (Wildman–Crippen MR) is 154 cm³/mol. The summed E-state index contributed by atoms with van der Waals surface area (Å²) < 4.78 is 12.8. The number of thioether (sulfide) groups is 1. The van der Waals surface area contributed by atoms with Gasteiger partial charge in [0, 0.05) is 22.6 Å². The molecule has 1 fully saturated rings. The van der Waals surface area contributed by atoms with Crippen LogP contribution in [-0.4, -0.2) is 67.5 Å². The Hall–Kier alpha value is -3.87. The fraction of sp³-hybridized carbons (Fsp3) is 0.310. The van der Waals surface area contributed by atoms with Crippen molar-refractivity contribution in [3.63, 3.8) is 0 Å². The first-order valence-corrected chi connectivity index (χ1v) is 15.0. The smallest absolute Gasteiger partial charge is 0.477 e. The molecule has 1 saturated heterocycles. The summed E-state index contributed by atoms with van der Waals surface area (Å²) in [7, 11) is 0. The molecule has 2 aliphatic heterocycles. The number of aliphatic hydroxyl groups is 1. The van der Waals surface area contributed by atoms with Crippen molar-refractivity contribution in [2.75, 3.05) is 12.9 Å². The van der Waals surface area contributed by atoms with Crippen LogP contribution in [0.1, 0.15) is 25.1 Å². The molecule has 6 rings (SSSR count). The second kappa shape index (κ2) is 10.2. The number of carbonyl (C=O) groups is 3. The molecule has 41 heavy (non-hydrogen) atoms. The molecule has 0 spiro atoms. The number of benzene rings is 2. The molecule has 1 unspecified atom stereocenters. The Labute approximate surface area is 243 Å². The molecule has 2 N–H and O–H groups in total. The number of thiazole rings is 1. The van der Waals surface area contributed by atoms with Crippen LogP contribution in [0.4, 0.5) is 4.79 Å². The number of aliphatic hydroxyl groups excluding tert-OH is 1. The lowest BCUT2D eigenvalue weighted by Gasteiger charge is -2.50. The van der Waals surface area contributed by atoms with Crippen LogP contribution in [0.3, 0.4) is 0 Å². The van der Waals surface area contributed by atoms with Crippen molar-refractivity contribution >= 4 is 62.3 Å². The number of ether oxygens (including phenoxy) is 2. The van der Waals surface area contributed by atoms with Gasteiger partial charge in [-0.25, -0.2) is 14.6 Å². The number of nitrogens with zero attached hydrogens (tertiary/aromatic N) is 3. The Balaban J connectivity index is 1.31. The van der Waals surface area contributed by atoms with Crippen LogP contribution < -0.4 is 4.74 Å². The SMILES string of the molecule is CSc1ncn2cc(C3=C(C(=O)O)N4C(=O)[C@H](C(C)O)[C@@H]4[C@@]3(C)CCOC(=O)Oc3cccc4ccccc34)sc12. The van der Waals surface area contributed by atoms with Gasteiger partial charge in [0.2, 0.25) is 5.91 Å². The van der Waals surface area contributed by atoms with E-state index in [0.717, 1.165) is 20.6 Å². The molecular formula is C29H27N3O7S2. The van der Waals surface area contributed by atoms with E-state index in [2.05, 4.69) is 4.98 Å². The summed E-state index contributed by atoms with van der Waals surface area (Å²) in [6.45, 7) is 3.30. The quantitative estimate of drug-likeness (QED) is 0.127. The largest absolute Gasteiger partial charge is 0.513 e. The second-order valence-electron chi connectivity index (χ2n) is 10.4. The van der Waals surface area contributed by atoms with Gasteiger partial charge < -0.3 is 24.6 Å². The number of β-lactam (4-membered cyclic amide) rings is 1. The summed E-state index contributed by atoms with van der Waals surface area (Å²) in [5.74, 6) is -2.09. The molecular weight excluding hydrogens is 566 g/mol. The highest BCUT2D eigenvalue weighted by molar-refractivity contribution is 7.98. The van der Waals surface area contributed by atoms with Crippen molar-refractivity contribution in [2.24, 2.45) is 11.3 Å². The van der Waals surface area contributed by atoms with E-state index in [0.29, 0.717) is 16.2 Å². The zero-order valence-corrected chi connectivity index (χ0v) is 24.1. The molecule has 212 valence electrons. The van der Waals surface area contributed by atoms with E-state index in [1.54, 1.807) is 18.5 Å². The third-order valence-corrected chi connectivity index (χ3v) is 9.91. The molecule has 0 aliphatic carbocycles. The number of carbonyl (C=O) groups excluding carboxylic acids is 2. The minimum Gasteiger partial charge on any atom is -0.477 e. The number of aromatic nitrogens is 2. The molecule has 4 atom stereocenters. The zero-order chi connectivity index (χ0) is 29.1. The molecule has 2 aromatic carbocycles. The number of amides is 1. The topological polar surface area (TPSA) is 131 Å². The standard InChI is InChI=1S/C29H27N3O7S2/c1-15(33)20-23-29(2,11-12-38-28(37)39-18-10-6-8-16-7-4-5-9-17(16)18)21(22(27(35)36)32(23)25(20)34)19-13-31-14-30-24(40-3)26(31)41-19/h4-10,13-15,20,23,33H,11-12H2,1-3H3,(H,35,36)/t15?,20-,23-,29+/m1/s1. The lowest BCUT2D eigenvalue weighted by molar-refractivity contribution is -0.167. The van der Waals surface area contributed by atoms with Crippen molar-refractivity contribution in [3.8, 4) is 5.75 Å². The van der Waals surface area contributed by atoms with Crippen molar-refractivity contribution in [3.05, 3.63) is 65.6 Å². The molecule has 1 amide bonds. The maximum atomic E-state index is 13.1. The molecule has 4 aromatic rings. The zero-order valence-electron chi connectivity index (χ0n) is 22.4. The lowest BCUT2D eigenvalue weighted by Crippen LogP contribution is -2.66. The van der Waals surface area contributed by atoms with E-state index in [1.165, 1.54) is 34.9 Å². The van der Waals surface area contributed by atoms with Crippen LogP contribution >= 0.6 is 23.1 Å². The van der Waals surface area contributed by atoms with Gasteiger partial charge in [0.1, 0.15) is 27.6 Å². The first kappa shape index (κ1) is 27.3. The summed E-state index contributed by atoms with van der Waals surface area (Å²) in [5, 5.41) is 23.3. The maximum absolute atomic E-state index is 13.1. The maximum Gasteiger partial charge on any atom is 0.513 e. The number of carboxylic acid groups (broad SMARTS) is 1. The third kappa shape index (κ3) is 4.28. The molecule has 2 aromatic heterocycles. The van der Waals surface area contributed by atoms with E-state index in [4.69, 9.17) is 9.47 Å². The van der Waals surface area contributed by atoms with E-state index >= 15 is 0 Å². The highest BCUT2D eigenvalue weighted by atomic mass is 32.2. The first-order valence-electron chi connectivity index (χ1n) is 13.0. The van der Waals surface area contributed by atoms with Gasteiger partial charge in [-0.1, -0.05) is 43.3 Å². The van der Waals surface area contributed by atoms with Gasteiger partial charge in [-0.2, -0.15) is 0 Å². The van der Waals surface area contributed by atoms with Crippen molar-refractivity contribution in [1.82, 2.24) is 14.3 Å². The summed E-state index contributed by atoms with van der Waals surface area (Å²) >= 11 is 2.87. The monoisotopic (exact) mass is 593 g/mol. The van der Waals surface area contributed by atoms with Crippen LogP contribution in [0, 0.1) is 11.3 Å². The van der Waals surface area contributed by atoms with Crippen LogP contribution in [0.2, 0.25) is 0 Å². The Morgan fingerprint density at radius 3 is 2.71 bits per heavy atom. The van der Waals surface area contributed by atoms with E-state index < -0.39 is 41.5 Å². The van der Waals surface area contributed by atoms with Crippen molar-refractivity contribution in [1.29, 1.82) is 0 Å². The minimum absolute atomic E-state index is 0.0938. The van der Waals surface area contributed by atoms with Crippen molar-refractivity contribution < 1.29 is 34.1 Å². The summed E-state index contributed by atoms with van der Waals surface area (Å²) in [4.78, 5) is 45.7. The molecule has 0 radical (unpaired) electrons. The van der Waals surface area contributed by atoms with E-state index in [-0.39, 0.29) is 18.7 Å². The third-order valence-electron chi connectivity index (χ3n) is 7.97. The molecule has 2 aliphatic rings. The van der Waals surface area contributed by atoms with Crippen LogP contribution in [0.15, 0.2) is 65.7 Å². The summed E-state index contributed by atoms with van der Waals surface area (Å²) in [6, 6.07) is 12.3. The number of aliphatic carboxylic acids is 1. The van der Waals surface area contributed by atoms with Gasteiger partial charge in [-0.05, 0) is 31.1 Å². The van der Waals surface area contributed by atoms with Crippen LogP contribution in [0.5, 0.6) is 5.75 Å². The summed E-state index contributed by atoms with van der Waals surface area (Å²) in [5.41, 5.74) is -0.585. The molecule has 0 saturated carbocycles. The number of rotatable bonds is 8. The molecule has 4 heterocycles. The number of imidazole rings is 1. The predicted octanol–water partition coefficient (Wildman–Crippen LogP) is 4.90. The Bertz CT molecular complexity index is 1740. The van der Waals surface area contributed by atoms with Crippen molar-refractivity contribution in [2.45, 2.75) is 37.4 Å². The fourth-order valence-corrected chi connectivity index (χ4v) is 8.07. The molecule has 0 bridgehead atoms. The summed E-state index contributed by atoms with van der Waals surface area (Å²) in [6.07, 6.45) is 3.71. The first-order chi connectivity index (χ1) is 19.7. The second-order valence-corrected chi connectivity index (χ2v) is 12.2. The van der Waals surface area contributed by atoms with Gasteiger partial charge in [-0.15, -0.1) is 23.1 Å². The number of carboxylic acids is 1. The average Bonchev–Trinajstić information content (AvgIpc) is 3.57. The van der Waals surface area contributed by atoms with Gasteiger partial charge in [0.05, 0.1) is 29.5 Å². The number of hydrogen-bond acceptors (Lipinski definition) is 9.